The van der Waals surface area contributed by atoms with Crippen LogP contribution in [0.1, 0.15) is 28.7 Å². The standard InChI is InChI=1S/C9H11N3O2/c1-3-14-9(13)8-7(11)6(4-10)5(2)12-8/h12H,3,11H2,1-2H3. The van der Waals surface area contributed by atoms with Gasteiger partial charge in [-0.1, -0.05) is 0 Å². The topological polar surface area (TPSA) is 91.9 Å². The lowest BCUT2D eigenvalue weighted by Crippen LogP contribution is -2.07. The second kappa shape index (κ2) is 3.83. The van der Waals surface area contributed by atoms with Gasteiger partial charge in [-0.15, -0.1) is 0 Å². The molecule has 0 amide bonds. The summed E-state index contributed by atoms with van der Waals surface area (Å²) in [5, 5.41) is 8.72. The number of aryl methyl sites for hydroxylation is 1. The lowest BCUT2D eigenvalue weighted by molar-refractivity contribution is 0.0521. The van der Waals surface area contributed by atoms with Crippen LogP contribution in [-0.2, 0) is 4.74 Å². The number of aromatic nitrogens is 1. The molecule has 0 saturated heterocycles. The van der Waals surface area contributed by atoms with Crippen LogP contribution in [0.15, 0.2) is 0 Å². The van der Waals surface area contributed by atoms with Crippen LogP contribution in [0.25, 0.3) is 0 Å². The second-order valence-corrected chi connectivity index (χ2v) is 2.75. The average molecular weight is 193 g/mol. The van der Waals surface area contributed by atoms with Crippen LogP contribution in [0.2, 0.25) is 0 Å². The van der Waals surface area contributed by atoms with Crippen LogP contribution in [0, 0.1) is 18.3 Å². The molecule has 0 aliphatic heterocycles. The van der Waals surface area contributed by atoms with E-state index in [2.05, 4.69) is 4.98 Å². The zero-order chi connectivity index (χ0) is 10.7. The Balaban J connectivity index is 3.13. The summed E-state index contributed by atoms with van der Waals surface area (Å²) in [5.74, 6) is -0.533. The number of nitrogen functional groups attached to an aromatic ring is 1. The predicted molar refractivity (Wildman–Crippen MR) is 50.6 cm³/mol. The molecule has 74 valence electrons. The molecular weight excluding hydrogens is 182 g/mol. The molecule has 1 aromatic heterocycles. The van der Waals surface area contributed by atoms with Gasteiger partial charge in [0, 0.05) is 5.69 Å². The molecule has 0 aliphatic carbocycles. The molecule has 1 aromatic rings. The largest absolute Gasteiger partial charge is 0.461 e. The number of esters is 1. The molecular formula is C9H11N3O2. The van der Waals surface area contributed by atoms with Crippen LogP contribution >= 0.6 is 0 Å². The number of nitrogens with one attached hydrogen (secondary N) is 1. The van der Waals surface area contributed by atoms with Gasteiger partial charge in [-0.25, -0.2) is 4.79 Å². The van der Waals surface area contributed by atoms with Crippen molar-refractivity contribution in [3.8, 4) is 6.07 Å². The first-order chi connectivity index (χ1) is 6.61. The van der Waals surface area contributed by atoms with Crippen LogP contribution in [0.3, 0.4) is 0 Å². The monoisotopic (exact) mass is 193 g/mol. The molecule has 14 heavy (non-hydrogen) atoms. The van der Waals surface area contributed by atoms with Gasteiger partial charge in [0.25, 0.3) is 0 Å². The number of anilines is 1. The molecule has 3 N–H and O–H groups in total. The number of nitriles is 1. The highest BCUT2D eigenvalue weighted by atomic mass is 16.5. The van der Waals surface area contributed by atoms with Crippen LogP contribution in [0.4, 0.5) is 5.69 Å². The third-order valence-electron chi connectivity index (χ3n) is 1.82. The number of nitrogens with two attached hydrogens (primary N) is 1. The van der Waals surface area contributed by atoms with E-state index in [1.54, 1.807) is 13.8 Å². The maximum Gasteiger partial charge on any atom is 0.356 e. The lowest BCUT2D eigenvalue weighted by Gasteiger charge is -1.99. The number of H-pyrrole nitrogens is 1. The van der Waals surface area contributed by atoms with E-state index < -0.39 is 5.97 Å². The van der Waals surface area contributed by atoms with E-state index in [0.29, 0.717) is 11.3 Å². The van der Waals surface area contributed by atoms with E-state index in [4.69, 9.17) is 15.7 Å². The minimum atomic E-state index is -0.533. The van der Waals surface area contributed by atoms with Gasteiger partial charge in [-0.2, -0.15) is 5.26 Å². The molecule has 5 nitrogen and oxygen atoms in total. The van der Waals surface area contributed by atoms with E-state index in [1.165, 1.54) is 0 Å². The summed E-state index contributed by atoms with van der Waals surface area (Å²) >= 11 is 0. The SMILES string of the molecule is CCOC(=O)c1[nH]c(C)c(C#N)c1N. The van der Waals surface area contributed by atoms with Crippen molar-refractivity contribution in [2.45, 2.75) is 13.8 Å². The van der Waals surface area contributed by atoms with Gasteiger partial charge in [0.15, 0.2) is 0 Å². The molecule has 1 heterocycles. The summed E-state index contributed by atoms with van der Waals surface area (Å²) in [6, 6.07) is 1.92. The Morgan fingerprint density at radius 3 is 2.79 bits per heavy atom. The fourth-order valence-electron chi connectivity index (χ4n) is 1.15. The fraction of sp³-hybridized carbons (Fsp3) is 0.333. The first-order valence-electron chi connectivity index (χ1n) is 4.17. The molecule has 0 spiro atoms. The van der Waals surface area contributed by atoms with Crippen molar-refractivity contribution in [2.24, 2.45) is 0 Å². The van der Waals surface area contributed by atoms with E-state index in [0.717, 1.165) is 0 Å². The lowest BCUT2D eigenvalue weighted by atomic mass is 10.2. The number of rotatable bonds is 2. The molecule has 0 fully saturated rings. The molecule has 0 bridgehead atoms. The van der Waals surface area contributed by atoms with Gasteiger partial charge in [0.1, 0.15) is 11.8 Å². The highest BCUT2D eigenvalue weighted by molar-refractivity contribution is 5.95. The van der Waals surface area contributed by atoms with Crippen LogP contribution in [0.5, 0.6) is 0 Å². The Bertz CT molecular complexity index is 401. The normalized spacial score (nSPS) is 9.50. The first-order valence-corrected chi connectivity index (χ1v) is 4.17. The Hall–Kier alpha value is -1.96. The Morgan fingerprint density at radius 2 is 2.36 bits per heavy atom. The summed E-state index contributed by atoms with van der Waals surface area (Å²) in [4.78, 5) is 14.0. The number of carbonyl (C=O) groups excluding carboxylic acids is 1. The average Bonchev–Trinajstić information content (AvgIpc) is 2.42. The van der Waals surface area contributed by atoms with Gasteiger partial charge in [0.05, 0.1) is 17.9 Å². The number of carbonyl (C=O) groups is 1. The number of hydrogen-bond acceptors (Lipinski definition) is 4. The van der Waals surface area contributed by atoms with Crippen molar-refractivity contribution in [2.75, 3.05) is 12.3 Å². The summed E-state index contributed by atoms with van der Waals surface area (Å²) in [5.41, 5.74) is 6.78. The maximum atomic E-state index is 11.3. The van der Waals surface area contributed by atoms with E-state index in [1.807, 2.05) is 6.07 Å². The molecule has 0 atom stereocenters. The first kappa shape index (κ1) is 10.1. The third-order valence-corrected chi connectivity index (χ3v) is 1.82. The second-order valence-electron chi connectivity index (χ2n) is 2.75. The molecule has 0 unspecified atom stereocenters. The molecule has 0 aromatic carbocycles. The van der Waals surface area contributed by atoms with Crippen molar-refractivity contribution in [1.29, 1.82) is 5.26 Å². The molecule has 0 saturated carbocycles. The third kappa shape index (κ3) is 1.55. The molecule has 0 radical (unpaired) electrons. The summed E-state index contributed by atoms with van der Waals surface area (Å²) in [6.07, 6.45) is 0. The van der Waals surface area contributed by atoms with Crippen molar-refractivity contribution >= 4 is 11.7 Å². The molecule has 0 aliphatic rings. The van der Waals surface area contributed by atoms with Crippen LogP contribution < -0.4 is 5.73 Å². The minimum absolute atomic E-state index is 0.154. The van der Waals surface area contributed by atoms with E-state index in [9.17, 15) is 4.79 Å². The number of aromatic amines is 1. The van der Waals surface area contributed by atoms with Crippen LogP contribution in [-0.4, -0.2) is 17.6 Å². The predicted octanol–water partition coefficient (Wildman–Crippen LogP) is 0.954. The van der Waals surface area contributed by atoms with Crippen molar-refractivity contribution in [3.63, 3.8) is 0 Å². The smallest absolute Gasteiger partial charge is 0.356 e. The summed E-state index contributed by atoms with van der Waals surface area (Å²) in [7, 11) is 0. The fourth-order valence-corrected chi connectivity index (χ4v) is 1.15. The van der Waals surface area contributed by atoms with Gasteiger partial charge < -0.3 is 15.5 Å². The van der Waals surface area contributed by atoms with Gasteiger partial charge in [-0.05, 0) is 13.8 Å². The maximum absolute atomic E-state index is 11.3. The van der Waals surface area contributed by atoms with Gasteiger partial charge >= 0.3 is 5.97 Å². The Labute approximate surface area is 81.5 Å². The molecule has 5 heteroatoms. The van der Waals surface area contributed by atoms with Crippen molar-refractivity contribution in [1.82, 2.24) is 4.98 Å². The quantitative estimate of drug-likeness (QED) is 0.684. The molecule has 1 rings (SSSR count). The van der Waals surface area contributed by atoms with E-state index >= 15 is 0 Å². The summed E-state index contributed by atoms with van der Waals surface area (Å²) < 4.78 is 4.76. The minimum Gasteiger partial charge on any atom is -0.461 e. The highest BCUT2D eigenvalue weighted by Crippen LogP contribution is 2.20. The van der Waals surface area contributed by atoms with Gasteiger partial charge in [-0.3, -0.25) is 0 Å². The highest BCUT2D eigenvalue weighted by Gasteiger charge is 2.18. The number of nitrogens with zero attached hydrogens (tertiary/aromatic N) is 1. The summed E-state index contributed by atoms with van der Waals surface area (Å²) in [6.45, 7) is 3.66. The zero-order valence-corrected chi connectivity index (χ0v) is 8.05. The number of hydrogen-bond donors (Lipinski definition) is 2. The Morgan fingerprint density at radius 1 is 1.71 bits per heavy atom. The number of ether oxygens (including phenoxy) is 1. The van der Waals surface area contributed by atoms with E-state index in [-0.39, 0.29) is 18.0 Å². The van der Waals surface area contributed by atoms with Gasteiger partial charge in [0.2, 0.25) is 0 Å². The van der Waals surface area contributed by atoms with Crippen molar-refractivity contribution < 1.29 is 9.53 Å². The van der Waals surface area contributed by atoms with Crippen molar-refractivity contribution in [3.05, 3.63) is 17.0 Å². The zero-order valence-electron chi connectivity index (χ0n) is 8.05. The Kier molecular flexibility index (Phi) is 2.77.